The van der Waals surface area contributed by atoms with E-state index in [1.807, 2.05) is 0 Å². The fourth-order valence-electron chi connectivity index (χ4n) is 1.45. The maximum atomic E-state index is 11.6. The van der Waals surface area contributed by atoms with Gasteiger partial charge in [-0.25, -0.2) is 9.78 Å². The molecule has 1 heterocycles. The lowest BCUT2D eigenvalue weighted by atomic mass is 10.2. The predicted octanol–water partition coefficient (Wildman–Crippen LogP) is 1.60. The zero-order valence-corrected chi connectivity index (χ0v) is 13.5. The van der Waals surface area contributed by atoms with Crippen LogP contribution in [0.1, 0.15) is 33.0 Å². The van der Waals surface area contributed by atoms with Crippen molar-refractivity contribution in [3.8, 4) is 0 Å². The highest BCUT2D eigenvalue weighted by Gasteiger charge is 2.15. The highest BCUT2D eigenvalue weighted by atomic mass is 35.5. The van der Waals surface area contributed by atoms with Gasteiger partial charge in [-0.05, 0) is 20.8 Å². The SMILES string of the molecule is Cn1c(Cl)cnc1CNC(=O)CCNC(=O)OC(C)(C)C. The van der Waals surface area contributed by atoms with Crippen LogP contribution in [0.2, 0.25) is 5.15 Å². The molecular weight excluding hydrogens is 296 g/mol. The summed E-state index contributed by atoms with van der Waals surface area (Å²) in [5, 5.41) is 5.73. The second-order valence-corrected chi connectivity index (χ2v) is 5.90. The van der Waals surface area contributed by atoms with E-state index in [0.29, 0.717) is 11.0 Å². The molecular formula is C13H21ClN4O3. The summed E-state index contributed by atoms with van der Waals surface area (Å²) >= 11 is 5.84. The number of nitrogens with zero attached hydrogens (tertiary/aromatic N) is 2. The van der Waals surface area contributed by atoms with E-state index in [0.717, 1.165) is 0 Å². The smallest absolute Gasteiger partial charge is 0.407 e. The van der Waals surface area contributed by atoms with Gasteiger partial charge < -0.3 is 19.9 Å². The topological polar surface area (TPSA) is 85.3 Å². The van der Waals surface area contributed by atoms with E-state index in [1.165, 1.54) is 6.20 Å². The molecule has 0 fully saturated rings. The van der Waals surface area contributed by atoms with Crippen LogP contribution in [-0.4, -0.2) is 33.7 Å². The molecule has 0 bridgehead atoms. The second-order valence-electron chi connectivity index (χ2n) is 5.51. The number of hydrogen-bond acceptors (Lipinski definition) is 4. The van der Waals surface area contributed by atoms with Crippen LogP contribution in [0.15, 0.2) is 6.20 Å². The number of carbonyl (C=O) groups excluding carboxylic acids is 2. The number of hydrogen-bond donors (Lipinski definition) is 2. The minimum atomic E-state index is -0.552. The number of carbonyl (C=O) groups is 2. The van der Waals surface area contributed by atoms with Crippen molar-refractivity contribution < 1.29 is 14.3 Å². The minimum Gasteiger partial charge on any atom is -0.444 e. The monoisotopic (exact) mass is 316 g/mol. The van der Waals surface area contributed by atoms with Crippen LogP contribution in [-0.2, 0) is 23.1 Å². The van der Waals surface area contributed by atoms with Gasteiger partial charge in [0.15, 0.2) is 0 Å². The predicted molar refractivity (Wildman–Crippen MR) is 78.9 cm³/mol. The summed E-state index contributed by atoms with van der Waals surface area (Å²) in [7, 11) is 1.76. The Hall–Kier alpha value is -1.76. The van der Waals surface area contributed by atoms with Crippen LogP contribution in [0.5, 0.6) is 0 Å². The lowest BCUT2D eigenvalue weighted by molar-refractivity contribution is -0.121. The van der Waals surface area contributed by atoms with Gasteiger partial charge in [-0.15, -0.1) is 0 Å². The Balaban J connectivity index is 2.23. The number of nitrogens with one attached hydrogen (secondary N) is 2. The van der Waals surface area contributed by atoms with E-state index in [1.54, 1.807) is 32.4 Å². The highest BCUT2D eigenvalue weighted by Crippen LogP contribution is 2.08. The van der Waals surface area contributed by atoms with E-state index in [4.69, 9.17) is 16.3 Å². The number of aromatic nitrogens is 2. The molecule has 0 aliphatic heterocycles. The molecule has 0 saturated heterocycles. The van der Waals surface area contributed by atoms with E-state index in [-0.39, 0.29) is 25.4 Å². The molecule has 0 saturated carbocycles. The zero-order chi connectivity index (χ0) is 16.0. The highest BCUT2D eigenvalue weighted by molar-refractivity contribution is 6.29. The number of imidazole rings is 1. The van der Waals surface area contributed by atoms with Gasteiger partial charge in [-0.2, -0.15) is 0 Å². The summed E-state index contributed by atoms with van der Waals surface area (Å²) < 4.78 is 6.74. The van der Waals surface area contributed by atoms with Crippen LogP contribution < -0.4 is 10.6 Å². The Labute approximate surface area is 129 Å². The summed E-state index contributed by atoms with van der Waals surface area (Å²) in [5.74, 6) is 0.471. The van der Waals surface area contributed by atoms with Crippen LogP contribution in [0.4, 0.5) is 4.79 Å². The average molecular weight is 317 g/mol. The van der Waals surface area contributed by atoms with E-state index >= 15 is 0 Å². The van der Waals surface area contributed by atoms with Crippen molar-refractivity contribution in [1.82, 2.24) is 20.2 Å². The Morgan fingerprint density at radius 1 is 1.38 bits per heavy atom. The first-order chi connectivity index (χ1) is 9.69. The van der Waals surface area contributed by atoms with Crippen molar-refractivity contribution in [3.63, 3.8) is 0 Å². The van der Waals surface area contributed by atoms with Gasteiger partial charge in [0, 0.05) is 20.0 Å². The van der Waals surface area contributed by atoms with E-state index < -0.39 is 11.7 Å². The number of rotatable bonds is 5. The molecule has 7 nitrogen and oxygen atoms in total. The standard InChI is InChI=1S/C13H21ClN4O3/c1-13(2,3)21-12(20)15-6-5-11(19)17-8-10-16-7-9(14)18(10)4/h7H,5-6,8H2,1-4H3,(H,15,20)(H,17,19). The number of ether oxygens (including phenoxy) is 1. The molecule has 1 aromatic rings. The maximum Gasteiger partial charge on any atom is 0.407 e. The lowest BCUT2D eigenvalue weighted by Gasteiger charge is -2.19. The average Bonchev–Trinajstić information content (AvgIpc) is 2.65. The summed E-state index contributed by atoms with van der Waals surface area (Å²) in [6.45, 7) is 5.82. The minimum absolute atomic E-state index is 0.164. The molecule has 0 aliphatic rings. The molecule has 2 N–H and O–H groups in total. The second kappa shape index (κ2) is 7.31. The third kappa shape index (κ3) is 6.48. The van der Waals surface area contributed by atoms with Gasteiger partial charge >= 0.3 is 6.09 Å². The molecule has 21 heavy (non-hydrogen) atoms. The Kier molecular flexibility index (Phi) is 6.02. The van der Waals surface area contributed by atoms with Crippen LogP contribution in [0.3, 0.4) is 0 Å². The van der Waals surface area contributed by atoms with Crippen LogP contribution in [0, 0.1) is 0 Å². The normalized spacial score (nSPS) is 11.1. The summed E-state index contributed by atoms with van der Waals surface area (Å²) in [5.41, 5.74) is -0.552. The fourth-order valence-corrected chi connectivity index (χ4v) is 1.59. The van der Waals surface area contributed by atoms with Gasteiger partial charge in [0.2, 0.25) is 5.91 Å². The van der Waals surface area contributed by atoms with Crippen molar-refractivity contribution in [3.05, 3.63) is 17.2 Å². The van der Waals surface area contributed by atoms with E-state index in [9.17, 15) is 9.59 Å². The maximum absolute atomic E-state index is 11.6. The van der Waals surface area contributed by atoms with Crippen molar-refractivity contribution in [2.24, 2.45) is 7.05 Å². The van der Waals surface area contributed by atoms with E-state index in [2.05, 4.69) is 15.6 Å². The molecule has 0 atom stereocenters. The summed E-state index contributed by atoms with van der Waals surface area (Å²) in [6.07, 6.45) is 1.15. The van der Waals surface area contributed by atoms with Gasteiger partial charge in [-0.1, -0.05) is 11.6 Å². The van der Waals surface area contributed by atoms with Gasteiger partial charge in [-0.3, -0.25) is 4.79 Å². The van der Waals surface area contributed by atoms with Crippen LogP contribution in [0.25, 0.3) is 0 Å². The largest absolute Gasteiger partial charge is 0.444 e. The lowest BCUT2D eigenvalue weighted by Crippen LogP contribution is -2.35. The number of halogens is 1. The number of amides is 2. The molecule has 1 rings (SSSR count). The summed E-state index contributed by atoms with van der Waals surface area (Å²) in [4.78, 5) is 27.1. The first-order valence-corrected chi connectivity index (χ1v) is 6.96. The molecule has 0 unspecified atom stereocenters. The number of alkyl carbamates (subject to hydrolysis) is 1. The molecule has 0 aliphatic carbocycles. The zero-order valence-electron chi connectivity index (χ0n) is 12.7. The van der Waals surface area contributed by atoms with Crippen LogP contribution >= 0.6 is 11.6 Å². The molecule has 2 amide bonds. The molecule has 118 valence electrons. The van der Waals surface area contributed by atoms with Crippen molar-refractivity contribution in [2.45, 2.75) is 39.3 Å². The van der Waals surface area contributed by atoms with Gasteiger partial charge in [0.1, 0.15) is 16.6 Å². The first-order valence-electron chi connectivity index (χ1n) is 6.58. The molecule has 8 heteroatoms. The third-order valence-corrected chi connectivity index (χ3v) is 2.84. The van der Waals surface area contributed by atoms with Gasteiger partial charge in [0.05, 0.1) is 12.7 Å². The Morgan fingerprint density at radius 3 is 2.57 bits per heavy atom. The Morgan fingerprint density at radius 2 is 2.05 bits per heavy atom. The Bertz CT molecular complexity index is 508. The molecule has 1 aromatic heterocycles. The van der Waals surface area contributed by atoms with Crippen molar-refractivity contribution in [2.75, 3.05) is 6.54 Å². The molecule has 0 radical (unpaired) electrons. The third-order valence-electron chi connectivity index (χ3n) is 2.49. The fraction of sp³-hybridized carbons (Fsp3) is 0.615. The first kappa shape index (κ1) is 17.3. The molecule has 0 spiro atoms. The quantitative estimate of drug-likeness (QED) is 0.864. The molecule has 0 aromatic carbocycles. The van der Waals surface area contributed by atoms with Crippen molar-refractivity contribution >= 4 is 23.6 Å². The van der Waals surface area contributed by atoms with Gasteiger partial charge in [0.25, 0.3) is 0 Å². The summed E-state index contributed by atoms with van der Waals surface area (Å²) in [6, 6.07) is 0. The van der Waals surface area contributed by atoms with Crippen molar-refractivity contribution in [1.29, 1.82) is 0 Å².